The average molecular weight is 520 g/mol. The second-order valence-corrected chi connectivity index (χ2v) is 8.08. The topological polar surface area (TPSA) is 284 Å². The Bertz CT molecular complexity index is 763. The Balaban J connectivity index is 5.20. The highest BCUT2D eigenvalue weighted by Crippen LogP contribution is 2.05. The van der Waals surface area contributed by atoms with Crippen LogP contribution in [0, 0.1) is 0 Å². The molecule has 0 aromatic heterocycles. The van der Waals surface area contributed by atoms with Gasteiger partial charge in [-0.3, -0.25) is 24.2 Å². The molecule has 0 fully saturated rings. The maximum Gasteiger partial charge on any atom is 0.326 e. The SMILES string of the molecule is NCCCCC(NC(=O)C(N)CCCN=C(N)N)C(=O)NC(CS)C(=O)NC(CC(N)=O)C(=O)O. The number of carboxylic acid groups (broad SMARTS) is 1. The van der Waals surface area contributed by atoms with Crippen molar-refractivity contribution in [3.8, 4) is 0 Å². The number of aliphatic imine (C=N–C) groups is 1. The van der Waals surface area contributed by atoms with Crippen molar-refractivity contribution in [3.05, 3.63) is 0 Å². The number of guanidine groups is 1. The summed E-state index contributed by atoms with van der Waals surface area (Å²) < 4.78 is 0. The third-order valence-electron chi connectivity index (χ3n) is 4.72. The van der Waals surface area contributed by atoms with Crippen molar-refractivity contribution in [1.29, 1.82) is 0 Å². The third-order valence-corrected chi connectivity index (χ3v) is 5.08. The maximum atomic E-state index is 12.9. The van der Waals surface area contributed by atoms with E-state index in [0.717, 1.165) is 0 Å². The zero-order chi connectivity index (χ0) is 27.0. The Morgan fingerprint density at radius 1 is 0.829 bits per heavy atom. The van der Waals surface area contributed by atoms with Crippen LogP contribution in [-0.2, 0) is 24.0 Å². The lowest BCUT2D eigenvalue weighted by Gasteiger charge is -2.24. The quantitative estimate of drug-likeness (QED) is 0.0361. The molecule has 0 aromatic rings. The van der Waals surface area contributed by atoms with Gasteiger partial charge in [-0.2, -0.15) is 12.6 Å². The Morgan fingerprint density at radius 3 is 1.91 bits per heavy atom. The molecule has 0 aliphatic carbocycles. The number of rotatable bonds is 18. The third kappa shape index (κ3) is 14.0. The fourth-order valence-corrected chi connectivity index (χ4v) is 3.09. The van der Waals surface area contributed by atoms with E-state index < -0.39 is 60.2 Å². The highest BCUT2D eigenvalue weighted by Gasteiger charge is 2.30. The van der Waals surface area contributed by atoms with Gasteiger partial charge in [0.05, 0.1) is 12.5 Å². The zero-order valence-corrected chi connectivity index (χ0v) is 20.3. The first-order valence-electron chi connectivity index (χ1n) is 11.0. The van der Waals surface area contributed by atoms with Crippen molar-refractivity contribution in [3.63, 3.8) is 0 Å². The molecule has 4 unspecified atom stereocenters. The van der Waals surface area contributed by atoms with Crippen LogP contribution in [-0.4, -0.2) is 83.7 Å². The minimum atomic E-state index is -1.57. The number of nitrogens with one attached hydrogen (secondary N) is 3. The number of nitrogens with two attached hydrogens (primary N) is 5. The predicted octanol–water partition coefficient (Wildman–Crippen LogP) is -4.16. The summed E-state index contributed by atoms with van der Waals surface area (Å²) in [5, 5.41) is 16.3. The molecule has 200 valence electrons. The Labute approximate surface area is 208 Å². The fourth-order valence-electron chi connectivity index (χ4n) is 2.83. The number of nitrogens with zero attached hydrogens (tertiary/aromatic N) is 1. The molecular formula is C19H37N9O6S. The van der Waals surface area contributed by atoms with Gasteiger partial charge in [-0.25, -0.2) is 4.79 Å². The lowest BCUT2D eigenvalue weighted by Crippen LogP contribution is -2.57. The van der Waals surface area contributed by atoms with Crippen LogP contribution in [0.3, 0.4) is 0 Å². The first kappa shape index (κ1) is 31.9. The molecule has 0 bridgehead atoms. The predicted molar refractivity (Wildman–Crippen MR) is 132 cm³/mol. The van der Waals surface area contributed by atoms with Crippen molar-refractivity contribution < 1.29 is 29.1 Å². The molecule has 15 nitrogen and oxygen atoms in total. The smallest absolute Gasteiger partial charge is 0.326 e. The molecule has 35 heavy (non-hydrogen) atoms. The van der Waals surface area contributed by atoms with Crippen molar-refractivity contribution in [2.75, 3.05) is 18.8 Å². The Morgan fingerprint density at radius 2 is 1.40 bits per heavy atom. The molecule has 14 N–H and O–H groups in total. The molecular weight excluding hydrogens is 482 g/mol. The van der Waals surface area contributed by atoms with Gasteiger partial charge >= 0.3 is 5.97 Å². The van der Waals surface area contributed by atoms with Gasteiger partial charge in [0.2, 0.25) is 23.6 Å². The molecule has 0 radical (unpaired) electrons. The van der Waals surface area contributed by atoms with E-state index in [1.165, 1.54) is 0 Å². The molecule has 0 aromatic carbocycles. The summed E-state index contributed by atoms with van der Waals surface area (Å²) in [6, 6.07) is -4.78. The summed E-state index contributed by atoms with van der Waals surface area (Å²) in [6.07, 6.45) is 1.38. The van der Waals surface area contributed by atoms with Crippen molar-refractivity contribution in [2.24, 2.45) is 33.7 Å². The number of thiol groups is 1. The van der Waals surface area contributed by atoms with E-state index in [-0.39, 0.29) is 31.1 Å². The first-order valence-corrected chi connectivity index (χ1v) is 11.6. The second-order valence-electron chi connectivity index (χ2n) is 7.71. The van der Waals surface area contributed by atoms with Crippen LogP contribution in [0.25, 0.3) is 0 Å². The number of carbonyl (C=O) groups excluding carboxylic acids is 4. The van der Waals surface area contributed by atoms with Gasteiger partial charge in [0, 0.05) is 12.3 Å². The minimum absolute atomic E-state index is 0.0771. The van der Waals surface area contributed by atoms with E-state index in [4.69, 9.17) is 33.8 Å². The molecule has 4 atom stereocenters. The van der Waals surface area contributed by atoms with E-state index in [2.05, 4.69) is 33.6 Å². The van der Waals surface area contributed by atoms with Crippen LogP contribution in [0.2, 0.25) is 0 Å². The highest BCUT2D eigenvalue weighted by atomic mass is 32.1. The minimum Gasteiger partial charge on any atom is -0.480 e. The number of aliphatic carboxylic acids is 1. The summed E-state index contributed by atoms with van der Waals surface area (Å²) in [6.45, 7) is 0.667. The Kier molecular flexibility index (Phi) is 15.8. The van der Waals surface area contributed by atoms with Gasteiger partial charge in [0.15, 0.2) is 5.96 Å². The Hall–Kier alpha value is -3.11. The molecule has 0 spiro atoms. The molecule has 0 heterocycles. The second kappa shape index (κ2) is 17.3. The summed E-state index contributed by atoms with van der Waals surface area (Å²) >= 11 is 4.03. The molecule has 0 aliphatic rings. The van der Waals surface area contributed by atoms with Gasteiger partial charge in [0.25, 0.3) is 0 Å². The van der Waals surface area contributed by atoms with E-state index in [9.17, 15) is 24.0 Å². The molecule has 4 amide bonds. The number of amides is 4. The van der Waals surface area contributed by atoms with Crippen LogP contribution in [0.4, 0.5) is 0 Å². The zero-order valence-electron chi connectivity index (χ0n) is 19.4. The highest BCUT2D eigenvalue weighted by molar-refractivity contribution is 7.80. The normalized spacial score (nSPS) is 14.0. The number of carboxylic acids is 1. The van der Waals surface area contributed by atoms with E-state index >= 15 is 0 Å². The van der Waals surface area contributed by atoms with Crippen molar-refractivity contribution in [1.82, 2.24) is 16.0 Å². The molecule has 16 heteroatoms. The fraction of sp³-hybridized carbons (Fsp3) is 0.684. The molecule has 0 rings (SSSR count). The average Bonchev–Trinajstić information content (AvgIpc) is 2.78. The first-order chi connectivity index (χ1) is 16.4. The van der Waals surface area contributed by atoms with E-state index in [0.29, 0.717) is 25.8 Å². The number of primary amides is 1. The summed E-state index contributed by atoms with van der Waals surface area (Å²) in [4.78, 5) is 63.9. The lowest BCUT2D eigenvalue weighted by molar-refractivity contribution is -0.143. The van der Waals surface area contributed by atoms with Crippen LogP contribution in [0.5, 0.6) is 0 Å². The van der Waals surface area contributed by atoms with E-state index in [1.807, 2.05) is 0 Å². The summed E-state index contributed by atoms with van der Waals surface area (Å²) in [5.41, 5.74) is 26.9. The van der Waals surface area contributed by atoms with Gasteiger partial charge in [0.1, 0.15) is 18.1 Å². The molecule has 0 saturated heterocycles. The van der Waals surface area contributed by atoms with Gasteiger partial charge in [-0.05, 0) is 38.6 Å². The van der Waals surface area contributed by atoms with Gasteiger partial charge in [-0.15, -0.1) is 0 Å². The summed E-state index contributed by atoms with van der Waals surface area (Å²) in [7, 11) is 0. The van der Waals surface area contributed by atoms with Crippen molar-refractivity contribution >= 4 is 48.2 Å². The van der Waals surface area contributed by atoms with E-state index in [1.54, 1.807) is 0 Å². The molecule has 0 saturated carbocycles. The number of carbonyl (C=O) groups is 5. The molecule has 0 aliphatic heterocycles. The van der Waals surface area contributed by atoms with Crippen LogP contribution in [0.1, 0.15) is 38.5 Å². The van der Waals surface area contributed by atoms with Crippen LogP contribution >= 0.6 is 12.6 Å². The van der Waals surface area contributed by atoms with Gasteiger partial charge in [-0.1, -0.05) is 0 Å². The number of hydrogen-bond acceptors (Lipinski definition) is 9. The maximum absolute atomic E-state index is 12.9. The van der Waals surface area contributed by atoms with Gasteiger partial charge < -0.3 is 49.7 Å². The largest absolute Gasteiger partial charge is 0.480 e. The van der Waals surface area contributed by atoms with Crippen molar-refractivity contribution in [2.45, 2.75) is 62.7 Å². The number of hydrogen-bond donors (Lipinski definition) is 10. The lowest BCUT2D eigenvalue weighted by atomic mass is 10.1. The summed E-state index contributed by atoms with van der Waals surface area (Å²) in [5.74, 6) is -4.82. The number of unbranched alkanes of at least 4 members (excludes halogenated alkanes) is 1. The van der Waals surface area contributed by atoms with Crippen LogP contribution in [0.15, 0.2) is 4.99 Å². The van der Waals surface area contributed by atoms with Crippen LogP contribution < -0.4 is 44.6 Å². The monoisotopic (exact) mass is 519 g/mol. The standard InChI is InChI=1S/C19H37N9O6S/c20-6-2-1-5-11(26-15(30)10(21)4-3-7-25-19(23)24)16(31)28-13(9-35)17(32)27-12(18(33)34)8-14(22)29/h10-13,35H,1-9,20-21H2,(H2,22,29)(H,26,30)(H,27,32)(H,28,31)(H,33,34)(H4,23,24,25).